The van der Waals surface area contributed by atoms with Crippen LogP contribution in [0.5, 0.6) is 0 Å². The Labute approximate surface area is 252 Å². The lowest BCUT2D eigenvalue weighted by molar-refractivity contribution is -0.159. The predicted octanol–water partition coefficient (Wildman–Crippen LogP) is 4.54. The number of nitrogens with one attached hydrogen (secondary N) is 3. The summed E-state index contributed by atoms with van der Waals surface area (Å²) in [4.78, 5) is 74.4. The number of unbranched alkanes of at least 4 members (excludes halogenated alkanes) is 3. The first kappa shape index (κ1) is 39.0. The Bertz CT molecular complexity index is 890. The van der Waals surface area contributed by atoms with Gasteiger partial charge in [0.1, 0.15) is 23.0 Å². The van der Waals surface area contributed by atoms with Crippen molar-refractivity contribution in [3.63, 3.8) is 0 Å². The van der Waals surface area contributed by atoms with Crippen molar-refractivity contribution in [2.45, 2.75) is 143 Å². The molecule has 0 aromatic heterocycles. The van der Waals surface area contributed by atoms with Crippen LogP contribution in [-0.4, -0.2) is 65.8 Å². The number of esters is 1. The van der Waals surface area contributed by atoms with Gasteiger partial charge in [0.25, 0.3) is 0 Å². The largest absolute Gasteiger partial charge is 0.458 e. The van der Waals surface area contributed by atoms with Crippen LogP contribution in [0.3, 0.4) is 0 Å². The van der Waals surface area contributed by atoms with E-state index in [-0.39, 0.29) is 37.4 Å². The Balaban J connectivity index is 5.33. The fourth-order valence-electron chi connectivity index (χ4n) is 3.92. The van der Waals surface area contributed by atoms with Gasteiger partial charge in [-0.25, -0.2) is 9.59 Å². The van der Waals surface area contributed by atoms with Gasteiger partial charge in [-0.1, -0.05) is 39.5 Å². The molecule has 0 saturated heterocycles. The number of amides is 3. The number of carbonyl (C=O) groups is 6. The quantitative estimate of drug-likeness (QED) is 0.136. The minimum absolute atomic E-state index is 0.00381. The fraction of sp³-hybridized carbons (Fsp3) is 0.806. The van der Waals surface area contributed by atoms with E-state index in [4.69, 9.17) is 9.47 Å². The highest BCUT2D eigenvalue weighted by Gasteiger charge is 2.30. The average Bonchev–Trinajstić information content (AvgIpc) is 2.86. The zero-order valence-electron chi connectivity index (χ0n) is 27.1. The van der Waals surface area contributed by atoms with E-state index in [2.05, 4.69) is 16.0 Å². The van der Waals surface area contributed by atoms with Gasteiger partial charge in [-0.15, -0.1) is 0 Å². The lowest BCUT2D eigenvalue weighted by atomic mass is 9.94. The van der Waals surface area contributed by atoms with Crippen molar-refractivity contribution in [3.05, 3.63) is 0 Å². The van der Waals surface area contributed by atoms with Crippen molar-refractivity contribution in [2.24, 2.45) is 5.92 Å². The van der Waals surface area contributed by atoms with Crippen LogP contribution in [0.2, 0.25) is 0 Å². The van der Waals surface area contributed by atoms with E-state index in [0.29, 0.717) is 38.6 Å². The lowest BCUT2D eigenvalue weighted by Crippen LogP contribution is -2.46. The molecular formula is C31H55N3O8. The van der Waals surface area contributed by atoms with E-state index < -0.39 is 47.0 Å². The Morgan fingerprint density at radius 2 is 1.33 bits per heavy atom. The lowest BCUT2D eigenvalue weighted by Gasteiger charge is -2.26. The van der Waals surface area contributed by atoms with Crippen molar-refractivity contribution >= 4 is 35.4 Å². The maximum Gasteiger partial charge on any atom is 0.407 e. The highest BCUT2D eigenvalue weighted by Crippen LogP contribution is 2.17. The van der Waals surface area contributed by atoms with Crippen LogP contribution >= 0.6 is 0 Å². The van der Waals surface area contributed by atoms with Crippen LogP contribution in [0.4, 0.5) is 4.79 Å². The number of ether oxygens (including phenoxy) is 2. The van der Waals surface area contributed by atoms with Crippen LogP contribution in [0, 0.1) is 5.92 Å². The summed E-state index contributed by atoms with van der Waals surface area (Å²) in [6.45, 7) is 14.4. The van der Waals surface area contributed by atoms with Crippen molar-refractivity contribution < 1.29 is 38.2 Å². The average molecular weight is 598 g/mol. The standard InChI is InChI=1S/C31H55N3O8/c1-9-11-12-16-25(28(39)41-30(3,4)5)34-27(38)22(15-13-14-19-32-29(40)42-31(6,7)8)20-24(36)21-33-26(37)18-17-23(35)10-2/h22,25H,9-21H2,1-8H3,(H,32,40)(H,33,37)(H,34,38)/t22?,25-/m0/s1. The molecule has 0 aromatic carbocycles. The number of alkyl carbamates (subject to hydrolysis) is 1. The number of ketones is 2. The van der Waals surface area contributed by atoms with E-state index in [1.807, 2.05) is 6.92 Å². The first-order valence-corrected chi connectivity index (χ1v) is 15.3. The van der Waals surface area contributed by atoms with Crippen LogP contribution < -0.4 is 16.0 Å². The third kappa shape index (κ3) is 20.8. The SMILES string of the molecule is CCCCC[C@H](NC(=O)C(CCCCNC(=O)OC(C)(C)C)CC(=O)CNC(=O)CCC(=O)CC)C(=O)OC(C)(C)C. The molecule has 0 aliphatic rings. The molecule has 0 fully saturated rings. The summed E-state index contributed by atoms with van der Waals surface area (Å²) in [7, 11) is 0. The first-order valence-electron chi connectivity index (χ1n) is 15.3. The molecule has 2 atom stereocenters. The van der Waals surface area contributed by atoms with Gasteiger partial charge in [-0.2, -0.15) is 0 Å². The molecule has 0 rings (SSSR count). The van der Waals surface area contributed by atoms with Gasteiger partial charge in [0.15, 0.2) is 5.78 Å². The summed E-state index contributed by atoms with van der Waals surface area (Å²) >= 11 is 0. The first-order chi connectivity index (χ1) is 19.5. The third-order valence-corrected chi connectivity index (χ3v) is 6.10. The van der Waals surface area contributed by atoms with Crippen molar-refractivity contribution in [3.8, 4) is 0 Å². The maximum absolute atomic E-state index is 13.4. The van der Waals surface area contributed by atoms with Crippen LogP contribution in [0.1, 0.15) is 126 Å². The molecule has 42 heavy (non-hydrogen) atoms. The molecule has 0 saturated carbocycles. The van der Waals surface area contributed by atoms with Crippen molar-refractivity contribution in [2.75, 3.05) is 13.1 Å². The molecule has 11 nitrogen and oxygen atoms in total. The monoisotopic (exact) mass is 597 g/mol. The van der Waals surface area contributed by atoms with E-state index in [1.165, 1.54) is 0 Å². The molecule has 0 spiro atoms. The second-order valence-electron chi connectivity index (χ2n) is 12.6. The number of Topliss-reactive ketones (excluding diaryl/α,β-unsaturated/α-hetero) is 2. The summed E-state index contributed by atoms with van der Waals surface area (Å²) in [5.74, 6) is -2.47. The smallest absolute Gasteiger partial charge is 0.407 e. The molecule has 1 unspecified atom stereocenters. The summed E-state index contributed by atoms with van der Waals surface area (Å²) < 4.78 is 10.8. The third-order valence-electron chi connectivity index (χ3n) is 6.10. The second-order valence-corrected chi connectivity index (χ2v) is 12.6. The van der Waals surface area contributed by atoms with Crippen LogP contribution in [0.15, 0.2) is 0 Å². The minimum Gasteiger partial charge on any atom is -0.458 e. The molecule has 0 heterocycles. The second kappa shape index (κ2) is 20.0. The van der Waals surface area contributed by atoms with E-state index >= 15 is 0 Å². The van der Waals surface area contributed by atoms with Crippen LogP contribution in [0.25, 0.3) is 0 Å². The van der Waals surface area contributed by atoms with E-state index in [0.717, 1.165) is 19.3 Å². The molecule has 0 aliphatic carbocycles. The van der Waals surface area contributed by atoms with Gasteiger partial charge in [0, 0.05) is 38.1 Å². The fourth-order valence-corrected chi connectivity index (χ4v) is 3.92. The molecule has 3 amide bonds. The van der Waals surface area contributed by atoms with Crippen LogP contribution in [-0.2, 0) is 33.4 Å². The van der Waals surface area contributed by atoms with Gasteiger partial charge in [-0.05, 0) is 60.8 Å². The van der Waals surface area contributed by atoms with Crippen molar-refractivity contribution in [1.82, 2.24) is 16.0 Å². The van der Waals surface area contributed by atoms with Gasteiger partial charge < -0.3 is 25.4 Å². The van der Waals surface area contributed by atoms with E-state index in [1.54, 1.807) is 48.5 Å². The molecule has 0 aliphatic heterocycles. The predicted molar refractivity (Wildman–Crippen MR) is 161 cm³/mol. The Kier molecular flexibility index (Phi) is 18.6. The van der Waals surface area contributed by atoms with Gasteiger partial charge in [-0.3, -0.25) is 19.2 Å². The Morgan fingerprint density at radius 1 is 0.714 bits per heavy atom. The molecule has 0 radical (unpaired) electrons. The number of carbonyl (C=O) groups excluding carboxylic acids is 6. The summed E-state index contributed by atoms with van der Waals surface area (Å²) in [6, 6.07) is -0.842. The Hall–Kier alpha value is -2.98. The topological polar surface area (TPSA) is 157 Å². The molecule has 11 heteroatoms. The van der Waals surface area contributed by atoms with Crippen molar-refractivity contribution in [1.29, 1.82) is 0 Å². The molecule has 3 N–H and O–H groups in total. The normalized spacial score (nSPS) is 13.0. The van der Waals surface area contributed by atoms with Gasteiger partial charge in [0.05, 0.1) is 6.54 Å². The summed E-state index contributed by atoms with van der Waals surface area (Å²) in [5.41, 5.74) is -1.34. The molecule has 0 bridgehead atoms. The number of hydrogen-bond donors (Lipinski definition) is 3. The van der Waals surface area contributed by atoms with Gasteiger partial charge >= 0.3 is 12.1 Å². The summed E-state index contributed by atoms with van der Waals surface area (Å²) in [5, 5.41) is 8.01. The molecule has 0 aromatic rings. The summed E-state index contributed by atoms with van der Waals surface area (Å²) in [6.07, 6.45) is 4.20. The Morgan fingerprint density at radius 3 is 1.90 bits per heavy atom. The maximum atomic E-state index is 13.4. The minimum atomic E-state index is -0.842. The number of rotatable bonds is 20. The zero-order valence-corrected chi connectivity index (χ0v) is 27.1. The number of hydrogen-bond acceptors (Lipinski definition) is 8. The van der Waals surface area contributed by atoms with Gasteiger partial charge in [0.2, 0.25) is 11.8 Å². The molecular weight excluding hydrogens is 542 g/mol. The molecule has 242 valence electrons. The highest BCUT2D eigenvalue weighted by atomic mass is 16.6. The highest BCUT2D eigenvalue weighted by molar-refractivity contribution is 5.92. The van der Waals surface area contributed by atoms with E-state index in [9.17, 15) is 28.8 Å². The zero-order chi connectivity index (χ0) is 32.3.